The van der Waals surface area contributed by atoms with Gasteiger partial charge < -0.3 is 25.6 Å². The van der Waals surface area contributed by atoms with Crippen LogP contribution in [0.15, 0.2) is 30.5 Å². The van der Waals surface area contributed by atoms with Gasteiger partial charge in [0, 0.05) is 31.5 Å². The highest BCUT2D eigenvalue weighted by Gasteiger charge is 2.64. The summed E-state index contributed by atoms with van der Waals surface area (Å²) in [5.41, 5.74) is 1.76. The first-order chi connectivity index (χ1) is 16.7. The molecule has 6 rings (SSSR count). The number of carbonyl (C=O) groups is 1. The van der Waals surface area contributed by atoms with Crippen molar-refractivity contribution in [1.82, 2.24) is 15.3 Å². The molecule has 2 aromatic rings. The molecule has 1 aliphatic heterocycles. The minimum Gasteiger partial charge on any atom is -0.378 e. The molecule has 1 aromatic carbocycles. The van der Waals surface area contributed by atoms with Gasteiger partial charge in [-0.05, 0) is 61.3 Å². The van der Waals surface area contributed by atoms with E-state index >= 15 is 0 Å². The zero-order chi connectivity index (χ0) is 24.8. The number of ether oxygens (including phenoxy) is 1. The van der Waals surface area contributed by atoms with Crippen LogP contribution in [-0.4, -0.2) is 54.8 Å². The predicted octanol–water partition coefficient (Wildman–Crippen LogP) is 4.31. The van der Waals surface area contributed by atoms with Crippen LogP contribution in [0, 0.1) is 23.2 Å². The third-order valence-electron chi connectivity index (χ3n) is 8.63. The summed E-state index contributed by atoms with van der Waals surface area (Å²) in [4.78, 5) is 24.3. The van der Waals surface area contributed by atoms with Gasteiger partial charge in [0.2, 0.25) is 11.9 Å². The van der Waals surface area contributed by atoms with Gasteiger partial charge in [-0.15, -0.1) is 0 Å². The summed E-state index contributed by atoms with van der Waals surface area (Å²) < 4.78 is 5.44. The highest BCUT2D eigenvalue weighted by atomic mass is 35.5. The van der Waals surface area contributed by atoms with E-state index in [1.807, 2.05) is 12.1 Å². The lowest BCUT2D eigenvalue weighted by atomic mass is 9.40. The van der Waals surface area contributed by atoms with E-state index in [0.29, 0.717) is 28.6 Å². The molecule has 4 aliphatic rings. The Morgan fingerprint density at radius 3 is 2.51 bits per heavy atom. The zero-order valence-corrected chi connectivity index (χ0v) is 21.7. The van der Waals surface area contributed by atoms with Crippen molar-refractivity contribution >= 4 is 40.6 Å². The Morgan fingerprint density at radius 2 is 1.86 bits per heavy atom. The van der Waals surface area contributed by atoms with Gasteiger partial charge in [-0.25, -0.2) is 4.98 Å². The minimum atomic E-state index is -0.465. The molecule has 2 bridgehead atoms. The SMILES string of the molecule is CNC(=O)[C@@H]1C[C@@H]2C[C@@H](C2(C)C)[C@]1(C)Nc1nc(Nc2ccc(N3CCOCC3)cc2)ncc1Cl. The molecular weight excluding hydrogens is 464 g/mol. The van der Waals surface area contributed by atoms with E-state index in [1.165, 1.54) is 5.69 Å². The summed E-state index contributed by atoms with van der Waals surface area (Å²) in [5, 5.41) is 10.2. The molecule has 4 atom stereocenters. The number of amides is 1. The Balaban J connectivity index is 1.35. The van der Waals surface area contributed by atoms with E-state index in [2.05, 4.69) is 58.7 Å². The number of rotatable bonds is 6. The molecule has 2 heterocycles. The molecule has 1 saturated heterocycles. The van der Waals surface area contributed by atoms with Gasteiger partial charge >= 0.3 is 0 Å². The van der Waals surface area contributed by atoms with Crippen molar-refractivity contribution in [3.63, 3.8) is 0 Å². The number of hydrogen-bond acceptors (Lipinski definition) is 7. The zero-order valence-electron chi connectivity index (χ0n) is 20.9. The van der Waals surface area contributed by atoms with Crippen LogP contribution >= 0.6 is 11.6 Å². The predicted molar refractivity (Wildman–Crippen MR) is 139 cm³/mol. The smallest absolute Gasteiger partial charge is 0.229 e. The largest absolute Gasteiger partial charge is 0.378 e. The monoisotopic (exact) mass is 498 g/mol. The number of nitrogens with zero attached hydrogens (tertiary/aromatic N) is 3. The Hall–Kier alpha value is -2.58. The molecule has 0 spiro atoms. The second kappa shape index (κ2) is 9.13. The van der Waals surface area contributed by atoms with Crippen LogP contribution in [0.25, 0.3) is 0 Å². The minimum absolute atomic E-state index is 0.0640. The Morgan fingerprint density at radius 1 is 1.14 bits per heavy atom. The summed E-state index contributed by atoms with van der Waals surface area (Å²) in [7, 11) is 1.71. The average Bonchev–Trinajstić information content (AvgIpc) is 2.86. The standard InChI is InChI=1S/C26H35ClN6O2/c1-25(2)16-13-19(23(34)28-4)26(3,21(25)14-16)32-22-20(27)15-29-24(31-22)30-17-5-7-18(8-6-17)33-9-11-35-12-10-33/h5-8,15-16,19,21H,9-14H2,1-4H3,(H,28,34)(H2,29,30,31,32)/t16-,19+,21+,26-/m1/s1. The number of morpholine rings is 1. The maximum Gasteiger partial charge on any atom is 0.229 e. The molecule has 4 fully saturated rings. The molecule has 3 N–H and O–H groups in total. The molecule has 8 nitrogen and oxygen atoms in total. The number of nitrogens with one attached hydrogen (secondary N) is 3. The van der Waals surface area contributed by atoms with Crippen LogP contribution in [0.2, 0.25) is 5.02 Å². The van der Waals surface area contributed by atoms with Crippen LogP contribution in [-0.2, 0) is 9.53 Å². The van der Waals surface area contributed by atoms with Gasteiger partial charge in [0.05, 0.1) is 30.9 Å². The first-order valence-electron chi connectivity index (χ1n) is 12.4. The molecule has 1 amide bonds. The van der Waals surface area contributed by atoms with Crippen molar-refractivity contribution in [2.75, 3.05) is 48.9 Å². The topological polar surface area (TPSA) is 91.4 Å². The van der Waals surface area contributed by atoms with Crippen molar-refractivity contribution in [2.24, 2.45) is 23.2 Å². The molecule has 188 valence electrons. The lowest BCUT2D eigenvalue weighted by molar-refractivity contribution is -0.155. The Labute approximate surface area is 212 Å². The van der Waals surface area contributed by atoms with E-state index < -0.39 is 5.54 Å². The van der Waals surface area contributed by atoms with Crippen molar-refractivity contribution in [3.05, 3.63) is 35.5 Å². The van der Waals surface area contributed by atoms with Gasteiger partial charge in [-0.3, -0.25) is 4.79 Å². The fourth-order valence-electron chi connectivity index (χ4n) is 6.41. The summed E-state index contributed by atoms with van der Waals surface area (Å²) in [5.74, 6) is 1.81. The number of anilines is 4. The fourth-order valence-corrected chi connectivity index (χ4v) is 6.55. The second-order valence-corrected chi connectivity index (χ2v) is 11.2. The van der Waals surface area contributed by atoms with Crippen molar-refractivity contribution in [1.29, 1.82) is 0 Å². The van der Waals surface area contributed by atoms with E-state index in [-0.39, 0.29) is 17.2 Å². The van der Waals surface area contributed by atoms with Gasteiger partial charge in [0.15, 0.2) is 5.82 Å². The molecule has 3 aliphatic carbocycles. The van der Waals surface area contributed by atoms with Crippen molar-refractivity contribution in [2.45, 2.75) is 39.2 Å². The fraction of sp³-hybridized carbons (Fsp3) is 0.577. The highest BCUT2D eigenvalue weighted by molar-refractivity contribution is 6.32. The van der Waals surface area contributed by atoms with Gasteiger partial charge in [0.1, 0.15) is 5.02 Å². The van der Waals surface area contributed by atoms with Crippen molar-refractivity contribution < 1.29 is 9.53 Å². The molecule has 0 radical (unpaired) electrons. The van der Waals surface area contributed by atoms with Gasteiger partial charge in [-0.1, -0.05) is 25.4 Å². The van der Waals surface area contributed by atoms with Gasteiger partial charge in [-0.2, -0.15) is 4.98 Å². The molecule has 0 unspecified atom stereocenters. The molecule has 35 heavy (non-hydrogen) atoms. The van der Waals surface area contributed by atoms with Crippen LogP contribution in [0.4, 0.5) is 23.1 Å². The van der Waals surface area contributed by atoms with Crippen molar-refractivity contribution in [3.8, 4) is 0 Å². The van der Waals surface area contributed by atoms with E-state index in [1.54, 1.807) is 13.2 Å². The Bertz CT molecular complexity index is 1090. The summed E-state index contributed by atoms with van der Waals surface area (Å²) >= 11 is 6.55. The molecule has 1 aromatic heterocycles. The lowest BCUT2D eigenvalue weighted by Gasteiger charge is -2.66. The average molecular weight is 499 g/mol. The molecule has 3 saturated carbocycles. The maximum absolute atomic E-state index is 12.8. The number of hydrogen-bond donors (Lipinski definition) is 3. The third kappa shape index (κ3) is 4.31. The summed E-state index contributed by atoms with van der Waals surface area (Å²) in [6, 6.07) is 8.23. The first kappa shape index (κ1) is 24.1. The first-order valence-corrected chi connectivity index (χ1v) is 12.8. The van der Waals surface area contributed by atoms with Crippen LogP contribution in [0.1, 0.15) is 33.6 Å². The summed E-state index contributed by atoms with van der Waals surface area (Å²) in [6.07, 6.45) is 3.57. The number of carbonyl (C=O) groups excluding carboxylic acids is 1. The number of halogens is 1. The number of fused-ring (bicyclic) bond motifs is 2. The normalized spacial score (nSPS) is 29.2. The molecule has 9 heteroatoms. The van der Waals surface area contributed by atoms with E-state index in [0.717, 1.165) is 44.8 Å². The highest BCUT2D eigenvalue weighted by Crippen LogP contribution is 2.65. The van der Waals surface area contributed by atoms with E-state index in [4.69, 9.17) is 21.3 Å². The van der Waals surface area contributed by atoms with Crippen LogP contribution in [0.3, 0.4) is 0 Å². The number of benzene rings is 1. The van der Waals surface area contributed by atoms with Gasteiger partial charge in [0.25, 0.3) is 0 Å². The Kier molecular flexibility index (Phi) is 6.30. The van der Waals surface area contributed by atoms with E-state index in [9.17, 15) is 4.79 Å². The quantitative estimate of drug-likeness (QED) is 0.546. The number of aromatic nitrogens is 2. The maximum atomic E-state index is 12.8. The lowest BCUT2D eigenvalue weighted by Crippen LogP contribution is -2.69. The van der Waals surface area contributed by atoms with Crippen LogP contribution < -0.4 is 20.9 Å². The molecular formula is C26H35ClN6O2. The summed E-state index contributed by atoms with van der Waals surface area (Å²) in [6.45, 7) is 10.1. The third-order valence-corrected chi connectivity index (χ3v) is 8.91. The second-order valence-electron chi connectivity index (χ2n) is 10.8. The van der Waals surface area contributed by atoms with Crippen LogP contribution in [0.5, 0.6) is 0 Å².